The lowest BCUT2D eigenvalue weighted by Gasteiger charge is -2.31. The molecule has 0 N–H and O–H groups in total. The van der Waals surface area contributed by atoms with E-state index in [1.807, 2.05) is 17.7 Å². The van der Waals surface area contributed by atoms with E-state index in [4.69, 9.17) is 0 Å². The van der Waals surface area contributed by atoms with E-state index in [0.29, 0.717) is 5.92 Å². The van der Waals surface area contributed by atoms with Crippen LogP contribution in [0.25, 0.3) is 0 Å². The summed E-state index contributed by atoms with van der Waals surface area (Å²) in [5.41, 5.74) is 3.18. The SMILES string of the molecule is Cc1c(CN2CCC(c3nnc(CN(C)C)n3C)CC2)cc(C#N)n1C. The fourth-order valence-corrected chi connectivity index (χ4v) is 3.77. The Bertz CT molecular complexity index is 801. The van der Waals surface area contributed by atoms with Crippen molar-refractivity contribution < 1.29 is 0 Å². The van der Waals surface area contributed by atoms with Crippen LogP contribution in [0.1, 0.15) is 47.4 Å². The maximum Gasteiger partial charge on any atom is 0.146 e. The molecule has 1 aliphatic heterocycles. The van der Waals surface area contributed by atoms with Crippen molar-refractivity contribution in [3.63, 3.8) is 0 Å². The van der Waals surface area contributed by atoms with Crippen LogP contribution in [0.2, 0.25) is 0 Å². The van der Waals surface area contributed by atoms with E-state index in [9.17, 15) is 5.26 Å². The second kappa shape index (κ2) is 7.60. The Labute approximate surface area is 155 Å². The van der Waals surface area contributed by atoms with Crippen molar-refractivity contribution in [2.45, 2.75) is 38.8 Å². The number of rotatable bonds is 5. The molecule has 0 aliphatic carbocycles. The summed E-state index contributed by atoms with van der Waals surface area (Å²) in [6, 6.07) is 4.29. The van der Waals surface area contributed by atoms with Gasteiger partial charge in [0, 0.05) is 32.3 Å². The molecule has 0 unspecified atom stereocenters. The highest BCUT2D eigenvalue weighted by Crippen LogP contribution is 2.28. The average Bonchev–Trinajstić information content (AvgIpc) is 3.10. The molecule has 7 nitrogen and oxygen atoms in total. The Morgan fingerprint density at radius 2 is 1.88 bits per heavy atom. The first-order valence-corrected chi connectivity index (χ1v) is 9.21. The second-order valence-electron chi connectivity index (χ2n) is 7.63. The number of aromatic nitrogens is 4. The fourth-order valence-electron chi connectivity index (χ4n) is 3.77. The minimum Gasteiger partial charge on any atom is -0.340 e. The largest absolute Gasteiger partial charge is 0.340 e. The highest BCUT2D eigenvalue weighted by molar-refractivity contribution is 5.34. The maximum absolute atomic E-state index is 9.20. The number of nitriles is 1. The first-order chi connectivity index (χ1) is 12.4. The molecule has 0 saturated carbocycles. The van der Waals surface area contributed by atoms with Crippen molar-refractivity contribution in [2.24, 2.45) is 14.1 Å². The minimum absolute atomic E-state index is 0.478. The van der Waals surface area contributed by atoms with E-state index >= 15 is 0 Å². The molecule has 2 aromatic heterocycles. The molecule has 0 bridgehead atoms. The Morgan fingerprint density at radius 1 is 1.19 bits per heavy atom. The normalized spacial score (nSPS) is 16.3. The van der Waals surface area contributed by atoms with Crippen LogP contribution in [-0.2, 0) is 27.2 Å². The monoisotopic (exact) mass is 355 g/mol. The zero-order valence-electron chi connectivity index (χ0n) is 16.5. The molecule has 0 atom stereocenters. The van der Waals surface area contributed by atoms with Gasteiger partial charge in [-0.1, -0.05) is 0 Å². The van der Waals surface area contributed by atoms with E-state index in [1.165, 1.54) is 11.3 Å². The number of likely N-dealkylation sites (tertiary alicyclic amines) is 1. The Kier molecular flexibility index (Phi) is 5.44. The van der Waals surface area contributed by atoms with Crippen LogP contribution in [0.3, 0.4) is 0 Å². The van der Waals surface area contributed by atoms with Crippen LogP contribution >= 0.6 is 0 Å². The molecule has 0 radical (unpaired) electrons. The van der Waals surface area contributed by atoms with Gasteiger partial charge in [0.05, 0.1) is 6.54 Å². The summed E-state index contributed by atoms with van der Waals surface area (Å²) in [6.07, 6.45) is 2.20. The van der Waals surface area contributed by atoms with Gasteiger partial charge in [0.1, 0.15) is 23.4 Å². The van der Waals surface area contributed by atoms with Crippen molar-refractivity contribution in [1.29, 1.82) is 5.26 Å². The highest BCUT2D eigenvalue weighted by Gasteiger charge is 2.26. The molecule has 1 aliphatic rings. The summed E-state index contributed by atoms with van der Waals surface area (Å²) in [7, 11) is 8.15. The van der Waals surface area contributed by atoms with Crippen LogP contribution in [0, 0.1) is 18.3 Å². The molecular formula is C19H29N7. The molecule has 26 heavy (non-hydrogen) atoms. The zero-order valence-corrected chi connectivity index (χ0v) is 16.5. The van der Waals surface area contributed by atoms with Crippen LogP contribution in [-0.4, -0.2) is 56.3 Å². The quantitative estimate of drug-likeness (QED) is 0.818. The van der Waals surface area contributed by atoms with Crippen molar-refractivity contribution in [2.75, 3.05) is 27.2 Å². The van der Waals surface area contributed by atoms with Crippen molar-refractivity contribution >= 4 is 0 Å². The van der Waals surface area contributed by atoms with Gasteiger partial charge < -0.3 is 14.0 Å². The van der Waals surface area contributed by atoms with E-state index in [-0.39, 0.29) is 0 Å². The fraction of sp³-hybridized carbons (Fsp3) is 0.632. The Hall–Kier alpha value is -2.17. The molecule has 3 rings (SSSR count). The van der Waals surface area contributed by atoms with Crippen molar-refractivity contribution in [3.05, 3.63) is 34.7 Å². The van der Waals surface area contributed by atoms with Gasteiger partial charge in [-0.25, -0.2) is 0 Å². The molecule has 0 aromatic carbocycles. The Balaban J connectivity index is 1.61. The van der Waals surface area contributed by atoms with Gasteiger partial charge in [0.2, 0.25) is 0 Å². The molecule has 140 valence electrons. The summed E-state index contributed by atoms with van der Waals surface area (Å²) >= 11 is 0. The van der Waals surface area contributed by atoms with E-state index < -0.39 is 0 Å². The second-order valence-corrected chi connectivity index (χ2v) is 7.63. The van der Waals surface area contributed by atoms with Gasteiger partial charge in [-0.15, -0.1) is 10.2 Å². The van der Waals surface area contributed by atoms with Crippen molar-refractivity contribution in [3.8, 4) is 6.07 Å². The Morgan fingerprint density at radius 3 is 2.46 bits per heavy atom. The lowest BCUT2D eigenvalue weighted by Crippen LogP contribution is -2.33. The summed E-state index contributed by atoms with van der Waals surface area (Å²) in [4.78, 5) is 4.60. The molecule has 7 heteroatoms. The van der Waals surface area contributed by atoms with Crippen molar-refractivity contribution in [1.82, 2.24) is 29.1 Å². The smallest absolute Gasteiger partial charge is 0.146 e. The van der Waals surface area contributed by atoms with Crippen LogP contribution in [0.5, 0.6) is 0 Å². The van der Waals surface area contributed by atoms with E-state index in [1.54, 1.807) is 0 Å². The van der Waals surface area contributed by atoms with Gasteiger partial charge in [-0.3, -0.25) is 4.90 Å². The molecule has 2 aromatic rings. The van der Waals surface area contributed by atoms with Gasteiger partial charge in [0.15, 0.2) is 0 Å². The van der Waals surface area contributed by atoms with Gasteiger partial charge >= 0.3 is 0 Å². The topological polar surface area (TPSA) is 65.9 Å². The number of nitrogens with zero attached hydrogens (tertiary/aromatic N) is 7. The molecule has 1 saturated heterocycles. The van der Waals surface area contributed by atoms with Crippen LogP contribution in [0.15, 0.2) is 6.07 Å². The van der Waals surface area contributed by atoms with Gasteiger partial charge in [-0.05, 0) is 58.6 Å². The third kappa shape index (κ3) is 3.67. The molecule has 0 amide bonds. The standard InChI is InChI=1S/C19H29N7/c1-14-16(10-17(11-20)24(14)4)12-26-8-6-15(7-9-26)19-22-21-18(25(19)5)13-23(2)3/h10,15H,6-9,12-13H2,1-5H3. The molecule has 1 fully saturated rings. The predicted molar refractivity (Wildman–Crippen MR) is 101 cm³/mol. The van der Waals surface area contributed by atoms with Gasteiger partial charge in [0.25, 0.3) is 0 Å². The third-order valence-corrected chi connectivity index (χ3v) is 5.56. The summed E-state index contributed by atoms with van der Waals surface area (Å²) in [5, 5.41) is 18.0. The van der Waals surface area contributed by atoms with Crippen LogP contribution < -0.4 is 0 Å². The predicted octanol–water partition coefficient (Wildman–Crippen LogP) is 1.77. The van der Waals surface area contributed by atoms with E-state index in [0.717, 1.165) is 56.4 Å². The number of hydrogen-bond acceptors (Lipinski definition) is 5. The van der Waals surface area contributed by atoms with Crippen LogP contribution in [0.4, 0.5) is 0 Å². The lowest BCUT2D eigenvalue weighted by molar-refractivity contribution is 0.200. The summed E-state index contributed by atoms with van der Waals surface area (Å²) in [6.45, 7) is 5.93. The minimum atomic E-state index is 0.478. The maximum atomic E-state index is 9.20. The molecule has 0 spiro atoms. The molecule has 3 heterocycles. The average molecular weight is 355 g/mol. The number of hydrogen-bond donors (Lipinski definition) is 0. The first-order valence-electron chi connectivity index (χ1n) is 9.21. The lowest BCUT2D eigenvalue weighted by atomic mass is 9.95. The molecular weight excluding hydrogens is 326 g/mol. The number of piperidine rings is 1. The summed E-state index contributed by atoms with van der Waals surface area (Å²) < 4.78 is 4.15. The first kappa shape index (κ1) is 18.6. The third-order valence-electron chi connectivity index (χ3n) is 5.56. The zero-order chi connectivity index (χ0) is 18.8. The summed E-state index contributed by atoms with van der Waals surface area (Å²) in [5.74, 6) is 2.62. The van der Waals surface area contributed by atoms with E-state index in [2.05, 4.69) is 58.7 Å². The highest BCUT2D eigenvalue weighted by atomic mass is 15.3. The van der Waals surface area contributed by atoms with Gasteiger partial charge in [-0.2, -0.15) is 5.26 Å².